The normalized spacial score (nSPS) is 12.2. The average molecular weight is 493 g/mol. The highest BCUT2D eigenvalue weighted by molar-refractivity contribution is 8.14. The van der Waals surface area contributed by atoms with Gasteiger partial charge in [0, 0.05) is 9.92 Å². The van der Waals surface area contributed by atoms with Crippen LogP contribution in [0, 0.1) is 0 Å². The van der Waals surface area contributed by atoms with E-state index in [9.17, 15) is 31.1 Å². The van der Waals surface area contributed by atoms with Gasteiger partial charge >= 0.3 is 12.4 Å². The van der Waals surface area contributed by atoms with Gasteiger partial charge in [-0.1, -0.05) is 24.9 Å². The van der Waals surface area contributed by atoms with E-state index in [2.05, 4.69) is 5.10 Å². The van der Waals surface area contributed by atoms with Gasteiger partial charge < -0.3 is 0 Å². The zero-order valence-electron chi connectivity index (χ0n) is 16.4. The van der Waals surface area contributed by atoms with Crippen molar-refractivity contribution in [1.29, 1.82) is 0 Å². The van der Waals surface area contributed by atoms with Crippen LogP contribution in [-0.2, 0) is 18.8 Å². The Morgan fingerprint density at radius 1 is 1.00 bits per heavy atom. The second-order valence-corrected chi connectivity index (χ2v) is 8.26. The summed E-state index contributed by atoms with van der Waals surface area (Å²) in [5.74, 6) is 0. The van der Waals surface area contributed by atoms with Gasteiger partial charge in [-0.3, -0.25) is 4.79 Å². The molecule has 0 spiro atoms. The highest BCUT2D eigenvalue weighted by Gasteiger charge is 2.37. The van der Waals surface area contributed by atoms with Crippen LogP contribution < -0.4 is 0 Å². The molecule has 0 N–H and O–H groups in total. The maximum Gasteiger partial charge on any atom is 0.416 e. The average Bonchev–Trinajstić information content (AvgIpc) is 3.11. The van der Waals surface area contributed by atoms with Crippen LogP contribution in [0.1, 0.15) is 40.5 Å². The Labute approximate surface area is 188 Å². The molecule has 3 rings (SSSR count). The van der Waals surface area contributed by atoms with Crippen molar-refractivity contribution < 1.29 is 31.1 Å². The number of benzene rings is 2. The monoisotopic (exact) mass is 492 g/mol. The van der Waals surface area contributed by atoms with E-state index in [1.54, 1.807) is 24.3 Å². The van der Waals surface area contributed by atoms with Gasteiger partial charge in [-0.25, -0.2) is 4.68 Å². The van der Waals surface area contributed by atoms with Crippen molar-refractivity contribution in [3.63, 3.8) is 0 Å². The lowest BCUT2D eigenvalue weighted by molar-refractivity contribution is -0.143. The van der Waals surface area contributed by atoms with Crippen LogP contribution in [0.5, 0.6) is 0 Å². The van der Waals surface area contributed by atoms with E-state index in [1.165, 1.54) is 10.9 Å². The van der Waals surface area contributed by atoms with Crippen LogP contribution in [0.3, 0.4) is 0 Å². The minimum Gasteiger partial charge on any atom is -0.281 e. The predicted octanol–water partition coefficient (Wildman–Crippen LogP) is 7.45. The van der Waals surface area contributed by atoms with Gasteiger partial charge in [0.1, 0.15) is 0 Å². The standard InChI is InChI=1S/C21H15ClF6N2OS/c1-2-3-18-17(11-29-30(18)15-6-4-14(22)5-7-15)19(31)32-16-9-12(20(23,24)25)8-13(10-16)21(26,27)28/h4-11H,2-3H2,1H3. The molecule has 0 amide bonds. The van der Waals surface area contributed by atoms with Crippen molar-refractivity contribution >= 4 is 28.5 Å². The van der Waals surface area contributed by atoms with Crippen LogP contribution in [0.15, 0.2) is 53.6 Å². The zero-order valence-corrected chi connectivity index (χ0v) is 18.0. The number of carbonyl (C=O) groups excluding carboxylic acids is 1. The molecule has 0 saturated heterocycles. The van der Waals surface area contributed by atoms with Crippen molar-refractivity contribution in [1.82, 2.24) is 9.78 Å². The molecule has 11 heteroatoms. The van der Waals surface area contributed by atoms with E-state index < -0.39 is 33.5 Å². The summed E-state index contributed by atoms with van der Waals surface area (Å²) in [6, 6.07) is 7.70. The fourth-order valence-electron chi connectivity index (χ4n) is 2.97. The second-order valence-electron chi connectivity index (χ2n) is 6.77. The summed E-state index contributed by atoms with van der Waals surface area (Å²) in [5.41, 5.74) is -1.74. The Kier molecular flexibility index (Phi) is 6.94. The number of hydrogen-bond donors (Lipinski definition) is 0. The maximum absolute atomic E-state index is 13.1. The Hall–Kier alpha value is -2.46. The first kappa shape index (κ1) is 24.2. The molecule has 0 fully saturated rings. The molecule has 3 aromatic rings. The molecule has 0 saturated carbocycles. The third-order valence-electron chi connectivity index (χ3n) is 4.42. The van der Waals surface area contributed by atoms with Crippen LogP contribution in [0.25, 0.3) is 5.69 Å². The molecule has 0 atom stereocenters. The Balaban J connectivity index is 1.99. The molecule has 32 heavy (non-hydrogen) atoms. The summed E-state index contributed by atoms with van der Waals surface area (Å²) < 4.78 is 80.1. The molecule has 0 aliphatic heterocycles. The summed E-state index contributed by atoms with van der Waals surface area (Å²) in [6.45, 7) is 1.86. The number of thioether (sulfide) groups is 1. The van der Waals surface area contributed by atoms with Crippen LogP contribution in [0.4, 0.5) is 26.3 Å². The smallest absolute Gasteiger partial charge is 0.281 e. The molecule has 170 valence electrons. The number of aromatic nitrogens is 2. The summed E-state index contributed by atoms with van der Waals surface area (Å²) in [7, 11) is 0. The van der Waals surface area contributed by atoms with E-state index in [4.69, 9.17) is 11.6 Å². The van der Waals surface area contributed by atoms with E-state index in [0.717, 1.165) is 0 Å². The molecule has 0 radical (unpaired) electrons. The van der Waals surface area contributed by atoms with E-state index in [0.29, 0.717) is 53.1 Å². The molecule has 3 nitrogen and oxygen atoms in total. The fraction of sp³-hybridized carbons (Fsp3) is 0.238. The molecule has 0 aliphatic rings. The van der Waals surface area contributed by atoms with Gasteiger partial charge in [0.05, 0.1) is 34.3 Å². The van der Waals surface area contributed by atoms with Crippen LogP contribution >= 0.6 is 23.4 Å². The largest absolute Gasteiger partial charge is 0.416 e. The van der Waals surface area contributed by atoms with Crippen molar-refractivity contribution in [2.45, 2.75) is 37.0 Å². The summed E-state index contributed by atoms with van der Waals surface area (Å²) in [4.78, 5) is 12.4. The van der Waals surface area contributed by atoms with Gasteiger partial charge in [0.15, 0.2) is 0 Å². The number of rotatable bonds is 5. The van der Waals surface area contributed by atoms with Crippen molar-refractivity contribution in [2.24, 2.45) is 0 Å². The fourth-order valence-corrected chi connectivity index (χ4v) is 3.97. The van der Waals surface area contributed by atoms with Gasteiger partial charge in [-0.2, -0.15) is 31.4 Å². The number of hydrogen-bond acceptors (Lipinski definition) is 3. The lowest BCUT2D eigenvalue weighted by Gasteiger charge is -2.14. The highest BCUT2D eigenvalue weighted by Crippen LogP contribution is 2.39. The Morgan fingerprint density at radius 2 is 1.56 bits per heavy atom. The maximum atomic E-state index is 13.1. The minimum atomic E-state index is -4.99. The highest BCUT2D eigenvalue weighted by atomic mass is 35.5. The topological polar surface area (TPSA) is 34.9 Å². The van der Waals surface area contributed by atoms with E-state index in [-0.39, 0.29) is 11.6 Å². The third kappa shape index (κ3) is 5.47. The zero-order chi connectivity index (χ0) is 23.7. The number of nitrogens with zero attached hydrogens (tertiary/aromatic N) is 2. The molecule has 0 bridgehead atoms. The van der Waals surface area contributed by atoms with E-state index in [1.807, 2.05) is 6.92 Å². The van der Waals surface area contributed by atoms with Gasteiger partial charge in [-0.15, -0.1) is 0 Å². The number of alkyl halides is 6. The molecular formula is C21H15ClF6N2OS. The summed E-state index contributed by atoms with van der Waals surface area (Å²) in [5, 5.41) is 3.98. The molecule has 0 aliphatic carbocycles. The van der Waals surface area contributed by atoms with Gasteiger partial charge in [-0.05, 0) is 60.6 Å². The summed E-state index contributed by atoms with van der Waals surface area (Å²) >= 11 is 6.18. The molecule has 0 unspecified atom stereocenters. The molecule has 1 aromatic heterocycles. The SMILES string of the molecule is CCCc1c(C(=O)Sc2cc(C(F)(F)F)cc(C(F)(F)F)c2)cnn1-c1ccc(Cl)cc1. The quantitative estimate of drug-likeness (QED) is 0.274. The van der Waals surface area contributed by atoms with E-state index >= 15 is 0 Å². The number of carbonyl (C=O) groups is 1. The Bertz CT molecular complexity index is 1090. The lowest BCUT2D eigenvalue weighted by atomic mass is 10.1. The van der Waals surface area contributed by atoms with Crippen LogP contribution in [0.2, 0.25) is 5.02 Å². The predicted molar refractivity (Wildman–Crippen MR) is 109 cm³/mol. The second kappa shape index (κ2) is 9.19. The Morgan fingerprint density at radius 3 is 2.06 bits per heavy atom. The summed E-state index contributed by atoms with van der Waals surface area (Å²) in [6.07, 6.45) is -7.68. The lowest BCUT2D eigenvalue weighted by Crippen LogP contribution is -2.11. The molecule has 1 heterocycles. The third-order valence-corrected chi connectivity index (χ3v) is 5.55. The van der Waals surface area contributed by atoms with Gasteiger partial charge in [0.25, 0.3) is 0 Å². The van der Waals surface area contributed by atoms with Crippen molar-refractivity contribution in [2.75, 3.05) is 0 Å². The molecule has 2 aromatic carbocycles. The van der Waals surface area contributed by atoms with Gasteiger partial charge in [0.2, 0.25) is 5.12 Å². The van der Waals surface area contributed by atoms with Crippen molar-refractivity contribution in [3.05, 3.63) is 76.1 Å². The molecular weight excluding hydrogens is 478 g/mol. The van der Waals surface area contributed by atoms with Crippen molar-refractivity contribution in [3.8, 4) is 5.69 Å². The van der Waals surface area contributed by atoms with Crippen LogP contribution in [-0.4, -0.2) is 14.9 Å². The number of halogens is 7. The first-order chi connectivity index (χ1) is 14.9. The minimum absolute atomic E-state index is 0.0234. The first-order valence-corrected chi connectivity index (χ1v) is 10.4. The first-order valence-electron chi connectivity index (χ1n) is 9.24.